The second-order valence-corrected chi connectivity index (χ2v) is 9.62. The molecular weight excluding hydrogens is 476 g/mol. The van der Waals surface area contributed by atoms with E-state index in [2.05, 4.69) is 42.7 Å². The Labute approximate surface area is 219 Å². The van der Waals surface area contributed by atoms with E-state index in [1.807, 2.05) is 25.5 Å². The van der Waals surface area contributed by atoms with Crippen LogP contribution in [0.4, 0.5) is 0 Å². The maximum atomic E-state index is 12.8. The molecule has 3 aromatic heterocycles. The van der Waals surface area contributed by atoms with Gasteiger partial charge in [-0.3, -0.25) is 9.69 Å². The topological polar surface area (TPSA) is 89.9 Å². The van der Waals surface area contributed by atoms with Crippen molar-refractivity contribution >= 4 is 28.4 Å². The number of rotatable bonds is 10. The minimum atomic E-state index is -0.224. The summed E-state index contributed by atoms with van der Waals surface area (Å²) in [5.41, 5.74) is 3.04. The number of carbonyl (C=O) groups excluding carboxylic acids is 1. The monoisotopic (exact) mass is 516 g/mol. The number of halogens is 1. The van der Waals surface area contributed by atoms with Crippen molar-refractivity contribution in [3.05, 3.63) is 22.2 Å². The third kappa shape index (κ3) is 5.65. The van der Waals surface area contributed by atoms with Gasteiger partial charge in [0, 0.05) is 18.0 Å². The first kappa shape index (κ1) is 28.3. The molecule has 198 valence electrons. The standard InChI is InChI=1S/C25H35ClN6O2.C2H6/c1-6-9-13-19(33)17-11-10-12-18-21(30-34-22(17)18)24-27-23(26)20-16(5)29-32(25(20)28-24)14-15(4)31(7-2)8-3;1-2/h15,17H,6-14H2,1-5H3;1-2H3. The van der Waals surface area contributed by atoms with Gasteiger partial charge in [0.25, 0.3) is 0 Å². The van der Waals surface area contributed by atoms with Gasteiger partial charge in [0.1, 0.15) is 10.9 Å². The number of hydrogen-bond acceptors (Lipinski definition) is 7. The van der Waals surface area contributed by atoms with Crippen LogP contribution in [0.1, 0.15) is 96.6 Å². The van der Waals surface area contributed by atoms with Crippen LogP contribution in [0.3, 0.4) is 0 Å². The molecule has 0 aromatic carbocycles. The van der Waals surface area contributed by atoms with E-state index in [1.165, 1.54) is 0 Å². The largest absolute Gasteiger partial charge is 0.360 e. The number of aryl methyl sites for hydroxylation is 1. The SMILES string of the molecule is CC.CCCCC(=O)C1CCCc2c(-c3nc(Cl)c4c(C)nn(CC(C)N(CC)CC)c4n3)noc21. The highest BCUT2D eigenvalue weighted by Gasteiger charge is 2.33. The van der Waals surface area contributed by atoms with Crippen LogP contribution < -0.4 is 0 Å². The van der Waals surface area contributed by atoms with Gasteiger partial charge in [-0.15, -0.1) is 0 Å². The fourth-order valence-corrected chi connectivity index (χ4v) is 5.41. The van der Waals surface area contributed by atoms with Gasteiger partial charge >= 0.3 is 0 Å². The predicted molar refractivity (Wildman–Crippen MR) is 145 cm³/mol. The molecule has 8 nitrogen and oxygen atoms in total. The summed E-state index contributed by atoms with van der Waals surface area (Å²) in [6.07, 6.45) is 4.99. The normalized spacial score (nSPS) is 16.1. The summed E-state index contributed by atoms with van der Waals surface area (Å²) >= 11 is 6.64. The smallest absolute Gasteiger partial charge is 0.185 e. The zero-order valence-electron chi connectivity index (χ0n) is 22.9. The van der Waals surface area contributed by atoms with Crippen molar-refractivity contribution in [3.63, 3.8) is 0 Å². The van der Waals surface area contributed by atoms with Crippen LogP contribution >= 0.6 is 11.6 Å². The molecule has 2 unspecified atom stereocenters. The highest BCUT2D eigenvalue weighted by molar-refractivity contribution is 6.34. The van der Waals surface area contributed by atoms with Crippen LogP contribution in [0, 0.1) is 6.92 Å². The molecular formula is C27H41ClN6O2. The number of hydrogen-bond donors (Lipinski definition) is 0. The number of unbranched alkanes of at least 4 members (excludes halogenated alkanes) is 1. The second kappa shape index (κ2) is 12.8. The molecule has 0 aliphatic heterocycles. The first-order valence-corrected chi connectivity index (χ1v) is 13.9. The molecule has 36 heavy (non-hydrogen) atoms. The minimum absolute atomic E-state index is 0.224. The Kier molecular flexibility index (Phi) is 10.0. The minimum Gasteiger partial charge on any atom is -0.360 e. The van der Waals surface area contributed by atoms with Gasteiger partial charge < -0.3 is 4.52 Å². The first-order valence-electron chi connectivity index (χ1n) is 13.6. The lowest BCUT2D eigenvalue weighted by Crippen LogP contribution is -2.36. The zero-order chi connectivity index (χ0) is 26.4. The summed E-state index contributed by atoms with van der Waals surface area (Å²) in [5, 5.41) is 10.2. The third-order valence-electron chi connectivity index (χ3n) is 7.03. The van der Waals surface area contributed by atoms with E-state index in [0.717, 1.165) is 61.8 Å². The van der Waals surface area contributed by atoms with Crippen molar-refractivity contribution < 1.29 is 9.32 Å². The maximum Gasteiger partial charge on any atom is 0.185 e. The highest BCUT2D eigenvalue weighted by atomic mass is 35.5. The molecule has 9 heteroatoms. The van der Waals surface area contributed by atoms with Gasteiger partial charge in [-0.2, -0.15) is 5.10 Å². The molecule has 3 heterocycles. The Bertz CT molecular complexity index is 1170. The number of ketones is 1. The Morgan fingerprint density at radius 3 is 2.61 bits per heavy atom. The Hall–Kier alpha value is -2.32. The molecule has 2 atom stereocenters. The van der Waals surface area contributed by atoms with Gasteiger partial charge in [-0.1, -0.05) is 57.8 Å². The van der Waals surface area contributed by atoms with E-state index in [4.69, 9.17) is 26.2 Å². The third-order valence-corrected chi connectivity index (χ3v) is 7.30. The molecule has 0 radical (unpaired) electrons. The van der Waals surface area contributed by atoms with Crippen molar-refractivity contribution in [2.45, 2.75) is 105 Å². The van der Waals surface area contributed by atoms with Crippen molar-refractivity contribution in [3.8, 4) is 11.5 Å². The average molecular weight is 517 g/mol. The number of nitrogens with zero attached hydrogens (tertiary/aromatic N) is 6. The van der Waals surface area contributed by atoms with Crippen LogP contribution in [0.25, 0.3) is 22.6 Å². The van der Waals surface area contributed by atoms with Crippen molar-refractivity contribution in [2.75, 3.05) is 13.1 Å². The summed E-state index contributed by atoms with van der Waals surface area (Å²) in [7, 11) is 0. The molecule has 0 fully saturated rings. The van der Waals surface area contributed by atoms with E-state index in [1.54, 1.807) is 0 Å². The zero-order valence-corrected chi connectivity index (χ0v) is 23.7. The van der Waals surface area contributed by atoms with Gasteiger partial charge in [-0.25, -0.2) is 14.6 Å². The number of Topliss-reactive ketones (excluding diaryl/α,β-unsaturated/α-hetero) is 1. The molecule has 3 aromatic rings. The van der Waals surface area contributed by atoms with Crippen LogP contribution in [-0.2, 0) is 17.8 Å². The lowest BCUT2D eigenvalue weighted by molar-refractivity contribution is -0.121. The maximum absolute atomic E-state index is 12.8. The van der Waals surface area contributed by atoms with Gasteiger partial charge in [0.05, 0.1) is 23.5 Å². The summed E-state index contributed by atoms with van der Waals surface area (Å²) in [6.45, 7) is 17.2. The van der Waals surface area contributed by atoms with E-state index < -0.39 is 0 Å². The van der Waals surface area contributed by atoms with Gasteiger partial charge in [0.15, 0.2) is 22.9 Å². The van der Waals surface area contributed by atoms with Crippen LogP contribution in [0.5, 0.6) is 0 Å². The summed E-state index contributed by atoms with van der Waals surface area (Å²) in [4.78, 5) is 24.6. The van der Waals surface area contributed by atoms with E-state index in [-0.39, 0.29) is 11.7 Å². The Morgan fingerprint density at radius 1 is 1.22 bits per heavy atom. The number of carbonyl (C=O) groups is 1. The fourth-order valence-electron chi connectivity index (χ4n) is 5.10. The second-order valence-electron chi connectivity index (χ2n) is 9.26. The van der Waals surface area contributed by atoms with Crippen LogP contribution in [-0.4, -0.2) is 54.7 Å². The lowest BCUT2D eigenvalue weighted by atomic mass is 9.83. The first-order chi connectivity index (χ1) is 17.4. The average Bonchev–Trinajstić information content (AvgIpc) is 3.45. The molecule has 1 aliphatic carbocycles. The quantitative estimate of drug-likeness (QED) is 0.289. The molecule has 0 amide bonds. The summed E-state index contributed by atoms with van der Waals surface area (Å²) in [5.74, 6) is 1.13. The Balaban J connectivity index is 0.00000176. The molecule has 4 rings (SSSR count). The fraction of sp³-hybridized carbons (Fsp3) is 0.667. The molecule has 0 saturated heterocycles. The molecule has 0 spiro atoms. The molecule has 0 saturated carbocycles. The van der Waals surface area contributed by atoms with Crippen molar-refractivity contribution in [1.82, 2.24) is 29.8 Å². The predicted octanol–water partition coefficient (Wildman–Crippen LogP) is 6.38. The molecule has 0 N–H and O–H groups in total. The highest BCUT2D eigenvalue weighted by Crippen LogP contribution is 2.38. The van der Waals surface area contributed by atoms with Crippen LogP contribution in [0.15, 0.2) is 4.52 Å². The lowest BCUT2D eigenvalue weighted by Gasteiger charge is -2.26. The Morgan fingerprint density at radius 2 is 1.94 bits per heavy atom. The number of fused-ring (bicyclic) bond motifs is 2. The van der Waals surface area contributed by atoms with Crippen molar-refractivity contribution in [1.29, 1.82) is 0 Å². The summed E-state index contributed by atoms with van der Waals surface area (Å²) < 4.78 is 7.67. The molecule has 1 aliphatic rings. The van der Waals surface area contributed by atoms with E-state index in [0.29, 0.717) is 47.1 Å². The number of likely N-dealkylation sites (N-methyl/N-ethyl adjacent to an activating group) is 1. The summed E-state index contributed by atoms with van der Waals surface area (Å²) in [6, 6.07) is 0.296. The number of aromatic nitrogens is 5. The van der Waals surface area contributed by atoms with E-state index >= 15 is 0 Å². The van der Waals surface area contributed by atoms with Crippen molar-refractivity contribution in [2.24, 2.45) is 0 Å². The van der Waals surface area contributed by atoms with E-state index in [9.17, 15) is 4.79 Å². The van der Waals surface area contributed by atoms with Gasteiger partial charge in [-0.05, 0) is 52.6 Å². The molecule has 0 bridgehead atoms. The van der Waals surface area contributed by atoms with Gasteiger partial charge in [0.2, 0.25) is 0 Å². The van der Waals surface area contributed by atoms with Crippen LogP contribution in [0.2, 0.25) is 5.15 Å².